The van der Waals surface area contributed by atoms with Crippen LogP contribution in [0, 0.1) is 0 Å². The van der Waals surface area contributed by atoms with E-state index in [0.717, 1.165) is 186 Å². The van der Waals surface area contributed by atoms with E-state index in [4.69, 9.17) is 37.0 Å². The molecule has 0 aromatic rings. The Kier molecular flexibility index (Phi) is 71.8. The average molecular weight is 1480 g/mol. The van der Waals surface area contributed by atoms with Crippen molar-refractivity contribution in [3.63, 3.8) is 0 Å². The zero-order valence-corrected chi connectivity index (χ0v) is 66.0. The van der Waals surface area contributed by atoms with E-state index in [1.165, 1.54) is 70.6 Å². The van der Waals surface area contributed by atoms with Gasteiger partial charge in [-0.05, 0) is 128 Å². The summed E-state index contributed by atoms with van der Waals surface area (Å²) in [6, 6.07) is 0. The second kappa shape index (κ2) is 75.0. The number of unbranched alkanes of at least 4 members (excludes halogenated alkanes) is 31. The summed E-state index contributed by atoms with van der Waals surface area (Å²) < 4.78 is 68.6. The third-order valence-electron chi connectivity index (χ3n) is 16.7. The van der Waals surface area contributed by atoms with E-state index >= 15 is 0 Å². The van der Waals surface area contributed by atoms with Crippen LogP contribution < -0.4 is 0 Å². The van der Waals surface area contributed by atoms with Crippen molar-refractivity contribution < 1.29 is 80.2 Å². The van der Waals surface area contributed by atoms with Crippen molar-refractivity contribution in [2.75, 3.05) is 39.6 Å². The number of ether oxygens (including phenoxy) is 4. The average Bonchev–Trinajstić information content (AvgIpc) is 0.907. The van der Waals surface area contributed by atoms with E-state index in [0.29, 0.717) is 25.7 Å². The summed E-state index contributed by atoms with van der Waals surface area (Å²) in [5, 5.41) is 10.6. The fraction of sp³-hybridized carbons (Fsp3) is 0.735. The second-order valence-electron chi connectivity index (χ2n) is 26.6. The smallest absolute Gasteiger partial charge is 0.462 e. The van der Waals surface area contributed by atoms with Gasteiger partial charge in [0.05, 0.1) is 26.4 Å². The van der Waals surface area contributed by atoms with Crippen LogP contribution in [0.25, 0.3) is 0 Å². The third-order valence-corrected chi connectivity index (χ3v) is 18.6. The van der Waals surface area contributed by atoms with Gasteiger partial charge in [-0.2, -0.15) is 0 Å². The molecule has 0 saturated carbocycles. The molecule has 102 heavy (non-hydrogen) atoms. The standard InChI is InChI=1S/C83H144O17P2/c1-5-9-13-17-21-25-29-33-35-37-38-40-42-46-48-52-56-60-64-68-81(86)94-74-79(100-83(88)70-66-62-58-54-50-44-32-28-24-20-16-12-8-4)76-98-102(91,92)96-72-77(84)71-95-101(89,90)97-75-78(99-82(87)69-65-61-57-53-49-43-31-27-23-19-15-11-7-3)73-93-80(85)67-63-59-55-51-47-45-41-39-36-34-30-26-22-18-14-10-6-2/h10,14,16,20-22,25-26,28,32-36,38,40-41,45,77-79,84H,5-9,11-13,15,17-19,23-24,27,29-31,37,39,42-44,46-76H2,1-4H3,(H,89,90)(H,91,92)/b14-10-,20-16-,25-21-,26-22-,32-28-,35-33-,36-34-,40-38-,45-41-. The molecule has 0 bridgehead atoms. The first-order valence-electron chi connectivity index (χ1n) is 40.1. The van der Waals surface area contributed by atoms with E-state index in [1.54, 1.807) is 0 Å². The van der Waals surface area contributed by atoms with Crippen molar-refractivity contribution in [3.05, 3.63) is 109 Å². The van der Waals surface area contributed by atoms with Gasteiger partial charge in [-0.1, -0.05) is 291 Å². The van der Waals surface area contributed by atoms with E-state index in [9.17, 15) is 43.2 Å². The van der Waals surface area contributed by atoms with Crippen molar-refractivity contribution in [2.45, 2.75) is 354 Å². The number of allylic oxidation sites excluding steroid dienone is 18. The highest BCUT2D eigenvalue weighted by Gasteiger charge is 2.30. The first-order valence-corrected chi connectivity index (χ1v) is 43.1. The van der Waals surface area contributed by atoms with Crippen LogP contribution in [-0.2, 0) is 65.4 Å². The van der Waals surface area contributed by atoms with Crippen LogP contribution in [0.4, 0.5) is 0 Å². The molecular weight excluding hydrogens is 1330 g/mol. The van der Waals surface area contributed by atoms with Crippen molar-refractivity contribution >= 4 is 39.5 Å². The highest BCUT2D eigenvalue weighted by Crippen LogP contribution is 2.45. The van der Waals surface area contributed by atoms with Gasteiger partial charge in [0.15, 0.2) is 12.2 Å². The molecule has 0 saturated heterocycles. The second-order valence-corrected chi connectivity index (χ2v) is 29.5. The van der Waals surface area contributed by atoms with Gasteiger partial charge in [0.25, 0.3) is 0 Å². The predicted molar refractivity (Wildman–Crippen MR) is 418 cm³/mol. The highest BCUT2D eigenvalue weighted by atomic mass is 31.2. The fourth-order valence-electron chi connectivity index (χ4n) is 10.6. The van der Waals surface area contributed by atoms with Crippen LogP contribution in [0.15, 0.2) is 109 Å². The van der Waals surface area contributed by atoms with E-state index in [-0.39, 0.29) is 25.7 Å². The van der Waals surface area contributed by atoms with Gasteiger partial charge in [0, 0.05) is 25.7 Å². The topological polar surface area (TPSA) is 237 Å². The lowest BCUT2D eigenvalue weighted by molar-refractivity contribution is -0.161. The number of aliphatic hydroxyl groups is 1. The molecule has 0 aromatic heterocycles. The van der Waals surface area contributed by atoms with Gasteiger partial charge in [-0.3, -0.25) is 37.3 Å². The molecule has 19 heteroatoms. The molecule has 5 atom stereocenters. The van der Waals surface area contributed by atoms with Gasteiger partial charge in [-0.15, -0.1) is 0 Å². The molecule has 17 nitrogen and oxygen atoms in total. The Hall–Kier alpha value is -4.28. The van der Waals surface area contributed by atoms with Crippen molar-refractivity contribution in [3.8, 4) is 0 Å². The minimum absolute atomic E-state index is 0.0748. The number of aliphatic hydroxyl groups excluding tert-OH is 1. The molecule has 0 heterocycles. The number of phosphoric acid groups is 2. The van der Waals surface area contributed by atoms with Gasteiger partial charge in [0.2, 0.25) is 0 Å². The minimum Gasteiger partial charge on any atom is -0.462 e. The number of rotatable bonds is 75. The molecule has 5 unspecified atom stereocenters. The molecular formula is C83H144O17P2. The van der Waals surface area contributed by atoms with Gasteiger partial charge >= 0.3 is 39.5 Å². The van der Waals surface area contributed by atoms with Crippen LogP contribution in [0.5, 0.6) is 0 Å². The maximum atomic E-state index is 13.1. The molecule has 0 amide bonds. The summed E-state index contributed by atoms with van der Waals surface area (Å²) in [5.74, 6) is -2.22. The number of hydrogen-bond donors (Lipinski definition) is 3. The van der Waals surface area contributed by atoms with E-state index in [2.05, 4.69) is 137 Å². The molecule has 0 radical (unpaired) electrons. The van der Waals surface area contributed by atoms with E-state index in [1.807, 2.05) is 0 Å². The number of hydrogen-bond acceptors (Lipinski definition) is 15. The summed E-state index contributed by atoms with van der Waals surface area (Å²) in [6.07, 6.45) is 80.6. The molecule has 588 valence electrons. The largest absolute Gasteiger partial charge is 0.472 e. The third kappa shape index (κ3) is 74.0. The zero-order chi connectivity index (χ0) is 74.6. The van der Waals surface area contributed by atoms with Crippen molar-refractivity contribution in [2.24, 2.45) is 0 Å². The molecule has 0 fully saturated rings. The SMILES string of the molecule is CC/C=C\C/C=C\C/C=C\C/C=C\CCCCCCC(=O)OCC(COP(=O)(O)OCC(O)COP(=O)(O)OCC(COC(=O)CCCCCCCC/C=C\C/C=C\C/C=C\CCCCC)OC(=O)CCCCCCC/C=C\C/C=C\CCC)OC(=O)CCCCCCCCCCCCCCC. The lowest BCUT2D eigenvalue weighted by atomic mass is 10.0. The Balaban J connectivity index is 5.35. The monoisotopic (exact) mass is 1470 g/mol. The quantitative estimate of drug-likeness (QED) is 0.0169. The summed E-state index contributed by atoms with van der Waals surface area (Å²) in [6.45, 7) is 4.64. The summed E-state index contributed by atoms with van der Waals surface area (Å²) in [4.78, 5) is 73.0. The summed E-state index contributed by atoms with van der Waals surface area (Å²) in [7, 11) is -9.96. The van der Waals surface area contributed by atoms with Crippen molar-refractivity contribution in [1.82, 2.24) is 0 Å². The van der Waals surface area contributed by atoms with Crippen LogP contribution in [0.2, 0.25) is 0 Å². The molecule has 0 aliphatic rings. The Morgan fingerprint density at radius 3 is 0.843 bits per heavy atom. The lowest BCUT2D eigenvalue weighted by Crippen LogP contribution is -2.30. The lowest BCUT2D eigenvalue weighted by Gasteiger charge is -2.21. The number of carbonyl (C=O) groups excluding carboxylic acids is 4. The Labute approximate surface area is 619 Å². The van der Waals surface area contributed by atoms with Crippen LogP contribution >= 0.6 is 15.6 Å². The molecule has 0 spiro atoms. The van der Waals surface area contributed by atoms with Gasteiger partial charge in [0.1, 0.15) is 19.3 Å². The maximum Gasteiger partial charge on any atom is 0.472 e. The Bertz CT molecular complexity index is 2360. The zero-order valence-electron chi connectivity index (χ0n) is 64.3. The first kappa shape index (κ1) is 97.7. The summed E-state index contributed by atoms with van der Waals surface area (Å²) >= 11 is 0. The first-order chi connectivity index (χ1) is 49.7. The Morgan fingerprint density at radius 1 is 0.284 bits per heavy atom. The van der Waals surface area contributed by atoms with E-state index < -0.39 is 97.5 Å². The molecule has 3 N–H and O–H groups in total. The maximum absolute atomic E-state index is 13.1. The fourth-order valence-corrected chi connectivity index (χ4v) is 12.2. The number of phosphoric ester groups is 2. The van der Waals surface area contributed by atoms with Gasteiger partial charge in [-0.25, -0.2) is 9.13 Å². The molecule has 0 aromatic carbocycles. The number of esters is 4. The molecule has 0 aliphatic heterocycles. The normalized spacial score (nSPS) is 14.5. The van der Waals surface area contributed by atoms with Crippen LogP contribution in [-0.4, -0.2) is 96.7 Å². The van der Waals surface area contributed by atoms with Crippen LogP contribution in [0.3, 0.4) is 0 Å². The number of carbonyl (C=O) groups is 4. The predicted octanol–water partition coefficient (Wildman–Crippen LogP) is 23.3. The molecule has 0 rings (SSSR count). The van der Waals surface area contributed by atoms with Crippen LogP contribution in [0.1, 0.15) is 336 Å². The highest BCUT2D eigenvalue weighted by molar-refractivity contribution is 7.47. The summed E-state index contributed by atoms with van der Waals surface area (Å²) in [5.41, 5.74) is 0. The Morgan fingerprint density at radius 2 is 0.529 bits per heavy atom. The minimum atomic E-state index is -4.98. The molecule has 0 aliphatic carbocycles. The van der Waals surface area contributed by atoms with Crippen molar-refractivity contribution in [1.29, 1.82) is 0 Å². The van der Waals surface area contributed by atoms with Gasteiger partial charge < -0.3 is 33.8 Å².